The van der Waals surface area contributed by atoms with Crippen LogP contribution in [0.2, 0.25) is 0 Å². The molecule has 1 saturated heterocycles. The lowest BCUT2D eigenvalue weighted by Crippen LogP contribution is -2.33. The Morgan fingerprint density at radius 1 is 1.17 bits per heavy atom. The number of benzene rings is 2. The van der Waals surface area contributed by atoms with Gasteiger partial charge in [-0.2, -0.15) is 0 Å². The number of anilines is 2. The Balaban J connectivity index is 1.68. The van der Waals surface area contributed by atoms with Crippen molar-refractivity contribution < 1.29 is 14.0 Å². The van der Waals surface area contributed by atoms with Gasteiger partial charge in [-0.3, -0.25) is 0 Å². The first-order chi connectivity index (χ1) is 14.5. The summed E-state index contributed by atoms with van der Waals surface area (Å²) in [6.07, 6.45) is 5.41. The number of likely N-dealkylation sites (tertiary alicyclic amines) is 1. The molecule has 30 heavy (non-hydrogen) atoms. The van der Waals surface area contributed by atoms with E-state index < -0.39 is 6.09 Å². The molecule has 2 aromatic carbocycles. The van der Waals surface area contributed by atoms with Gasteiger partial charge in [0, 0.05) is 35.6 Å². The van der Waals surface area contributed by atoms with Gasteiger partial charge in [0.15, 0.2) is 0 Å². The number of carbonyl (C=O) groups is 1. The van der Waals surface area contributed by atoms with Crippen molar-refractivity contribution in [2.75, 3.05) is 24.3 Å². The van der Waals surface area contributed by atoms with Crippen LogP contribution in [-0.4, -0.2) is 29.1 Å². The molecule has 0 spiro atoms. The molecule has 7 heteroatoms. The first-order valence-electron chi connectivity index (χ1n) is 10.2. The average Bonchev–Trinajstić information content (AvgIpc) is 3.01. The van der Waals surface area contributed by atoms with Crippen molar-refractivity contribution >= 4 is 28.4 Å². The van der Waals surface area contributed by atoms with Gasteiger partial charge in [-0.25, -0.2) is 19.6 Å². The normalized spacial score (nSPS) is 14.4. The highest BCUT2D eigenvalue weighted by Gasteiger charge is 2.18. The second-order valence-electron chi connectivity index (χ2n) is 7.66. The maximum Gasteiger partial charge on any atom is 0.434 e. The highest BCUT2D eigenvalue weighted by molar-refractivity contribution is 5.98. The molecule has 2 heterocycles. The summed E-state index contributed by atoms with van der Waals surface area (Å²) in [5.74, 6) is 0.0319. The molecular formula is C23H25FN4O2. The largest absolute Gasteiger partial charge is 0.434 e. The Bertz CT molecular complexity index is 1060. The van der Waals surface area contributed by atoms with E-state index in [0.717, 1.165) is 42.0 Å². The summed E-state index contributed by atoms with van der Waals surface area (Å²) in [4.78, 5) is 23.8. The number of nitrogens with two attached hydrogens (primary N) is 1. The number of aryl methyl sites for hydroxylation is 1. The van der Waals surface area contributed by atoms with Crippen LogP contribution in [0.5, 0.6) is 0 Å². The Morgan fingerprint density at radius 2 is 1.93 bits per heavy atom. The number of nitrogens with one attached hydrogen (secondary N) is 1. The Labute approximate surface area is 174 Å². The number of rotatable bonds is 3. The fourth-order valence-electron chi connectivity index (χ4n) is 3.92. The van der Waals surface area contributed by atoms with Gasteiger partial charge < -0.3 is 15.5 Å². The predicted molar refractivity (Wildman–Crippen MR) is 116 cm³/mol. The number of aromatic nitrogens is 1. The number of carbonyl (C=O) groups excluding carboxylic acids is 1. The van der Waals surface area contributed by atoms with E-state index in [1.54, 1.807) is 29.3 Å². The van der Waals surface area contributed by atoms with Crippen LogP contribution in [0.1, 0.15) is 31.2 Å². The molecule has 1 amide bonds. The average molecular weight is 408 g/mol. The van der Waals surface area contributed by atoms with Crippen LogP contribution < -0.4 is 11.2 Å². The molecule has 0 aliphatic carbocycles. The van der Waals surface area contributed by atoms with E-state index in [4.69, 9.17) is 10.6 Å². The van der Waals surface area contributed by atoms with Crippen LogP contribution in [0.4, 0.5) is 20.7 Å². The summed E-state index contributed by atoms with van der Waals surface area (Å²) in [5.41, 5.74) is 11.2. The third kappa shape index (κ3) is 4.15. The Kier molecular flexibility index (Phi) is 5.70. The minimum atomic E-state index is -0.417. The van der Waals surface area contributed by atoms with E-state index in [0.29, 0.717) is 35.7 Å². The van der Waals surface area contributed by atoms with Gasteiger partial charge in [0.05, 0.1) is 5.69 Å². The van der Waals surface area contributed by atoms with E-state index in [1.165, 1.54) is 6.07 Å². The van der Waals surface area contributed by atoms with Crippen molar-refractivity contribution in [2.45, 2.75) is 32.6 Å². The zero-order valence-electron chi connectivity index (χ0n) is 17.0. The summed E-state index contributed by atoms with van der Waals surface area (Å²) in [6.45, 7) is 3.23. The number of pyridine rings is 1. The number of hydrogen-bond acceptors (Lipinski definition) is 5. The molecule has 3 N–H and O–H groups in total. The molecule has 1 aliphatic heterocycles. The smallest absolute Gasteiger partial charge is 0.384 e. The van der Waals surface area contributed by atoms with Crippen molar-refractivity contribution in [2.24, 2.45) is 0 Å². The highest BCUT2D eigenvalue weighted by atomic mass is 19.1. The summed E-state index contributed by atoms with van der Waals surface area (Å²) in [7, 11) is 0. The molecular weight excluding hydrogens is 383 g/mol. The van der Waals surface area contributed by atoms with E-state index in [-0.39, 0.29) is 5.82 Å². The highest BCUT2D eigenvalue weighted by Crippen LogP contribution is 2.34. The van der Waals surface area contributed by atoms with Gasteiger partial charge in [-0.05, 0) is 55.2 Å². The van der Waals surface area contributed by atoms with E-state index >= 15 is 0 Å². The summed E-state index contributed by atoms with van der Waals surface area (Å²) in [5, 5.41) is 1.50. The van der Waals surface area contributed by atoms with E-state index in [2.05, 4.69) is 10.5 Å². The van der Waals surface area contributed by atoms with Crippen molar-refractivity contribution in [3.8, 4) is 11.1 Å². The van der Waals surface area contributed by atoms with Crippen LogP contribution >= 0.6 is 0 Å². The van der Waals surface area contributed by atoms with Crippen LogP contribution in [0.25, 0.3) is 21.9 Å². The van der Waals surface area contributed by atoms with Crippen molar-refractivity contribution in [1.29, 1.82) is 0 Å². The number of nitrogen functional groups attached to an aromatic ring is 1. The number of halogens is 1. The predicted octanol–water partition coefficient (Wildman–Crippen LogP) is 5.27. The lowest BCUT2D eigenvalue weighted by atomic mass is 9.97. The van der Waals surface area contributed by atoms with Gasteiger partial charge in [0.25, 0.3) is 0 Å². The maximum absolute atomic E-state index is 14.6. The Hall–Kier alpha value is -3.35. The standard InChI is InChI=1S/C23H25FN4O2/c1-15-7-6-8-19(24)22(15)16-11-17-14-26-21(25)13-18(17)20(12-16)27-30-23(29)28-9-4-2-3-5-10-28/h6-8,11-14,27H,2-5,9-10H2,1H3,(H2,25,26). The number of amides is 1. The third-order valence-electron chi connectivity index (χ3n) is 5.48. The fraction of sp³-hybridized carbons (Fsp3) is 0.304. The van der Waals surface area contributed by atoms with Gasteiger partial charge in [-0.1, -0.05) is 25.0 Å². The molecule has 4 rings (SSSR count). The lowest BCUT2D eigenvalue weighted by molar-refractivity contribution is 0.124. The van der Waals surface area contributed by atoms with E-state index in [9.17, 15) is 9.18 Å². The van der Waals surface area contributed by atoms with Crippen LogP contribution in [-0.2, 0) is 4.84 Å². The molecule has 0 atom stereocenters. The molecule has 6 nitrogen and oxygen atoms in total. The zero-order chi connectivity index (χ0) is 21.1. The second kappa shape index (κ2) is 8.57. The first kappa shape index (κ1) is 19.9. The lowest BCUT2D eigenvalue weighted by Gasteiger charge is -2.20. The minimum absolute atomic E-state index is 0.315. The minimum Gasteiger partial charge on any atom is -0.384 e. The van der Waals surface area contributed by atoms with Gasteiger partial charge >= 0.3 is 6.09 Å². The third-order valence-corrected chi connectivity index (χ3v) is 5.48. The second-order valence-corrected chi connectivity index (χ2v) is 7.66. The Morgan fingerprint density at radius 3 is 2.67 bits per heavy atom. The topological polar surface area (TPSA) is 80.5 Å². The first-order valence-corrected chi connectivity index (χ1v) is 10.2. The quantitative estimate of drug-likeness (QED) is 0.577. The number of fused-ring (bicyclic) bond motifs is 1. The van der Waals surface area contributed by atoms with Crippen LogP contribution in [0.15, 0.2) is 42.6 Å². The maximum atomic E-state index is 14.6. The van der Waals surface area contributed by atoms with Crippen molar-refractivity contribution in [3.63, 3.8) is 0 Å². The van der Waals surface area contributed by atoms with Crippen molar-refractivity contribution in [3.05, 3.63) is 54.0 Å². The molecule has 1 fully saturated rings. The fourth-order valence-corrected chi connectivity index (χ4v) is 3.92. The van der Waals surface area contributed by atoms with Crippen LogP contribution in [0, 0.1) is 12.7 Å². The molecule has 0 saturated carbocycles. The van der Waals surface area contributed by atoms with E-state index in [1.807, 2.05) is 19.1 Å². The molecule has 3 aromatic rings. The molecule has 0 radical (unpaired) electrons. The summed E-state index contributed by atoms with van der Waals surface area (Å²) >= 11 is 0. The summed E-state index contributed by atoms with van der Waals surface area (Å²) in [6, 6.07) is 10.3. The van der Waals surface area contributed by atoms with Gasteiger partial charge in [0.2, 0.25) is 0 Å². The monoisotopic (exact) mass is 408 g/mol. The molecule has 156 valence electrons. The molecule has 0 unspecified atom stereocenters. The molecule has 1 aromatic heterocycles. The summed E-state index contributed by atoms with van der Waals surface area (Å²) < 4.78 is 14.6. The number of hydrogen-bond donors (Lipinski definition) is 2. The SMILES string of the molecule is Cc1cccc(F)c1-c1cc(NOC(=O)N2CCCCCC2)c2cc(N)ncc2c1. The van der Waals surface area contributed by atoms with Gasteiger partial charge in [0.1, 0.15) is 11.6 Å². The molecule has 1 aliphatic rings. The van der Waals surface area contributed by atoms with Gasteiger partial charge in [-0.15, -0.1) is 0 Å². The van der Waals surface area contributed by atoms with Crippen molar-refractivity contribution in [1.82, 2.24) is 9.88 Å². The molecule has 0 bridgehead atoms. The zero-order valence-corrected chi connectivity index (χ0v) is 17.0. The van der Waals surface area contributed by atoms with Crippen LogP contribution in [0.3, 0.4) is 0 Å². The number of nitrogens with zero attached hydrogens (tertiary/aromatic N) is 2.